The third-order valence-corrected chi connectivity index (χ3v) is 6.89. The number of aliphatic hydroxyl groups is 1. The SMILES string of the molecule is Cc1nc2c(Cc3ccc(S(=O)(=O)N(C)[C@H](CO)C(C)C)cc3)nccc2[nH]1. The topological polar surface area (TPSA) is 99.2 Å². The van der Waals surface area contributed by atoms with Crippen LogP contribution in [0.1, 0.15) is 30.9 Å². The van der Waals surface area contributed by atoms with Gasteiger partial charge in [-0.15, -0.1) is 0 Å². The van der Waals surface area contributed by atoms with Gasteiger partial charge in [-0.1, -0.05) is 26.0 Å². The largest absolute Gasteiger partial charge is 0.395 e. The summed E-state index contributed by atoms with van der Waals surface area (Å²) in [6.45, 7) is 5.46. The molecule has 2 aromatic heterocycles. The minimum Gasteiger partial charge on any atom is -0.395 e. The van der Waals surface area contributed by atoms with Crippen LogP contribution in [0.15, 0.2) is 41.4 Å². The zero-order valence-electron chi connectivity index (χ0n) is 16.5. The van der Waals surface area contributed by atoms with Crippen molar-refractivity contribution in [3.05, 3.63) is 53.6 Å². The minimum absolute atomic E-state index is 0.00733. The molecule has 28 heavy (non-hydrogen) atoms. The highest BCUT2D eigenvalue weighted by molar-refractivity contribution is 7.89. The summed E-state index contributed by atoms with van der Waals surface area (Å²) in [5.74, 6) is 0.838. The van der Waals surface area contributed by atoms with Gasteiger partial charge >= 0.3 is 0 Å². The number of hydrogen-bond donors (Lipinski definition) is 2. The fourth-order valence-corrected chi connectivity index (χ4v) is 4.78. The van der Waals surface area contributed by atoms with Crippen molar-refractivity contribution >= 4 is 21.1 Å². The molecular formula is C20H26N4O3S. The number of aliphatic hydroxyl groups excluding tert-OH is 1. The third-order valence-electron chi connectivity index (χ3n) is 4.99. The van der Waals surface area contributed by atoms with Crippen LogP contribution in [0.2, 0.25) is 0 Å². The van der Waals surface area contributed by atoms with E-state index in [1.54, 1.807) is 30.5 Å². The monoisotopic (exact) mass is 402 g/mol. The molecule has 0 aliphatic heterocycles. The van der Waals surface area contributed by atoms with Crippen LogP contribution >= 0.6 is 0 Å². The van der Waals surface area contributed by atoms with E-state index < -0.39 is 16.1 Å². The number of nitrogens with one attached hydrogen (secondary N) is 1. The molecule has 2 N–H and O–H groups in total. The van der Waals surface area contributed by atoms with Gasteiger partial charge in [-0.3, -0.25) is 4.98 Å². The van der Waals surface area contributed by atoms with Gasteiger partial charge in [0.2, 0.25) is 10.0 Å². The normalized spacial score (nSPS) is 13.5. The van der Waals surface area contributed by atoms with E-state index in [-0.39, 0.29) is 17.4 Å². The second kappa shape index (κ2) is 7.98. The molecule has 0 bridgehead atoms. The quantitative estimate of drug-likeness (QED) is 0.633. The number of fused-ring (bicyclic) bond motifs is 1. The molecule has 8 heteroatoms. The van der Waals surface area contributed by atoms with Crippen LogP contribution in [-0.2, 0) is 16.4 Å². The summed E-state index contributed by atoms with van der Waals surface area (Å²) >= 11 is 0. The van der Waals surface area contributed by atoms with Crippen LogP contribution < -0.4 is 0 Å². The van der Waals surface area contributed by atoms with Gasteiger partial charge in [0.15, 0.2) is 0 Å². The van der Waals surface area contributed by atoms with Crippen LogP contribution in [0.3, 0.4) is 0 Å². The summed E-state index contributed by atoms with van der Waals surface area (Å²) in [5.41, 5.74) is 3.56. The smallest absolute Gasteiger partial charge is 0.243 e. The fraction of sp³-hybridized carbons (Fsp3) is 0.400. The van der Waals surface area contributed by atoms with E-state index >= 15 is 0 Å². The van der Waals surface area contributed by atoms with Crippen molar-refractivity contribution in [2.45, 2.75) is 38.1 Å². The molecule has 3 rings (SSSR count). The van der Waals surface area contributed by atoms with Gasteiger partial charge in [0.1, 0.15) is 11.3 Å². The Morgan fingerprint density at radius 2 is 1.86 bits per heavy atom. The lowest BCUT2D eigenvalue weighted by Crippen LogP contribution is -2.42. The average Bonchev–Trinajstić information content (AvgIpc) is 3.03. The highest BCUT2D eigenvalue weighted by atomic mass is 32.2. The molecule has 0 fully saturated rings. The Morgan fingerprint density at radius 3 is 2.46 bits per heavy atom. The van der Waals surface area contributed by atoms with E-state index in [4.69, 9.17) is 0 Å². The summed E-state index contributed by atoms with van der Waals surface area (Å²) in [6, 6.07) is 8.22. The number of pyridine rings is 1. The third kappa shape index (κ3) is 3.94. The Balaban J connectivity index is 1.85. The molecule has 7 nitrogen and oxygen atoms in total. The van der Waals surface area contributed by atoms with E-state index in [1.807, 2.05) is 26.8 Å². The maximum Gasteiger partial charge on any atom is 0.243 e. The summed E-state index contributed by atoms with van der Waals surface area (Å²) in [7, 11) is -2.17. The number of hydrogen-bond acceptors (Lipinski definition) is 5. The van der Waals surface area contributed by atoms with Gasteiger partial charge in [0.25, 0.3) is 0 Å². The van der Waals surface area contributed by atoms with Crippen molar-refractivity contribution in [3.8, 4) is 0 Å². The molecule has 0 amide bonds. The first kappa shape index (κ1) is 20.4. The first-order valence-corrected chi connectivity index (χ1v) is 10.7. The molecule has 0 saturated carbocycles. The lowest BCUT2D eigenvalue weighted by atomic mass is 10.1. The van der Waals surface area contributed by atoms with E-state index in [9.17, 15) is 13.5 Å². The van der Waals surface area contributed by atoms with E-state index in [0.29, 0.717) is 6.42 Å². The highest BCUT2D eigenvalue weighted by Crippen LogP contribution is 2.22. The summed E-state index contributed by atoms with van der Waals surface area (Å²) < 4.78 is 27.0. The number of benzene rings is 1. The molecule has 0 spiro atoms. The van der Waals surface area contributed by atoms with Gasteiger partial charge in [-0.25, -0.2) is 13.4 Å². The van der Waals surface area contributed by atoms with Crippen molar-refractivity contribution in [2.24, 2.45) is 5.92 Å². The molecule has 2 heterocycles. The number of aromatic nitrogens is 3. The Bertz CT molecular complexity index is 1060. The first-order valence-electron chi connectivity index (χ1n) is 9.22. The van der Waals surface area contributed by atoms with Crippen molar-refractivity contribution in [1.29, 1.82) is 0 Å². The van der Waals surface area contributed by atoms with Crippen molar-refractivity contribution in [2.75, 3.05) is 13.7 Å². The Morgan fingerprint density at radius 1 is 1.18 bits per heavy atom. The first-order chi connectivity index (χ1) is 13.2. The number of aromatic amines is 1. The highest BCUT2D eigenvalue weighted by Gasteiger charge is 2.29. The van der Waals surface area contributed by atoms with Gasteiger partial charge in [-0.2, -0.15) is 4.31 Å². The van der Waals surface area contributed by atoms with E-state index in [1.165, 1.54) is 11.4 Å². The number of imidazole rings is 1. The molecule has 3 aromatic rings. The molecule has 0 aliphatic rings. The number of sulfonamides is 1. The number of aryl methyl sites for hydroxylation is 1. The van der Waals surface area contributed by atoms with Gasteiger partial charge in [0.05, 0.1) is 28.8 Å². The molecule has 0 aliphatic carbocycles. The molecule has 1 atom stereocenters. The van der Waals surface area contributed by atoms with Gasteiger partial charge in [0, 0.05) is 19.7 Å². The maximum atomic E-state index is 12.9. The van der Waals surface area contributed by atoms with Crippen molar-refractivity contribution in [3.63, 3.8) is 0 Å². The van der Waals surface area contributed by atoms with E-state index in [2.05, 4.69) is 15.0 Å². The Labute approximate surface area is 165 Å². The second-order valence-corrected chi connectivity index (χ2v) is 9.31. The minimum atomic E-state index is -3.68. The lowest BCUT2D eigenvalue weighted by molar-refractivity contribution is 0.167. The van der Waals surface area contributed by atoms with Crippen molar-refractivity contribution in [1.82, 2.24) is 19.3 Å². The molecule has 1 aromatic carbocycles. The molecule has 0 saturated heterocycles. The molecule has 0 radical (unpaired) electrons. The van der Waals surface area contributed by atoms with Gasteiger partial charge < -0.3 is 10.1 Å². The predicted molar refractivity (Wildman–Crippen MR) is 109 cm³/mol. The van der Waals surface area contributed by atoms with Gasteiger partial charge in [-0.05, 0) is 36.6 Å². The van der Waals surface area contributed by atoms with Crippen molar-refractivity contribution < 1.29 is 13.5 Å². The maximum absolute atomic E-state index is 12.9. The number of likely N-dealkylation sites (N-methyl/N-ethyl adjacent to an activating group) is 1. The standard InChI is InChI=1S/C20H26N4O3S/c1-13(2)19(12-25)24(4)28(26,27)16-7-5-15(6-8-16)11-18-20-17(9-10-21-18)22-14(3)23-20/h5-10,13,19,25H,11-12H2,1-4H3,(H,22,23)/t19-/m1/s1. The van der Waals surface area contributed by atoms with Crippen LogP contribution in [0.5, 0.6) is 0 Å². The summed E-state index contributed by atoms with van der Waals surface area (Å²) in [4.78, 5) is 12.3. The fourth-order valence-electron chi connectivity index (χ4n) is 3.31. The molecular weight excluding hydrogens is 376 g/mol. The van der Waals surface area contributed by atoms with E-state index in [0.717, 1.165) is 28.1 Å². The van der Waals surface area contributed by atoms with Crippen LogP contribution in [0.4, 0.5) is 0 Å². The Hall–Kier alpha value is -2.29. The lowest BCUT2D eigenvalue weighted by Gasteiger charge is -2.28. The van der Waals surface area contributed by atoms with Crippen LogP contribution in [-0.4, -0.2) is 52.5 Å². The van der Waals surface area contributed by atoms with Crippen LogP contribution in [0.25, 0.3) is 11.0 Å². The molecule has 0 unspecified atom stereocenters. The zero-order valence-corrected chi connectivity index (χ0v) is 17.4. The molecule has 150 valence electrons. The second-order valence-electron chi connectivity index (χ2n) is 7.31. The number of nitrogens with zero attached hydrogens (tertiary/aromatic N) is 3. The zero-order chi connectivity index (χ0) is 20.5. The summed E-state index contributed by atoms with van der Waals surface area (Å²) in [5, 5.41) is 9.55. The number of H-pyrrole nitrogens is 1. The average molecular weight is 403 g/mol. The predicted octanol–water partition coefficient (Wildman–Crippen LogP) is 2.49. The summed E-state index contributed by atoms with van der Waals surface area (Å²) in [6.07, 6.45) is 2.30. The van der Waals surface area contributed by atoms with Crippen LogP contribution in [0, 0.1) is 12.8 Å². The number of rotatable bonds is 7. The Kier molecular flexibility index (Phi) is 5.83.